The number of aryl methyl sites for hydroxylation is 2. The van der Waals surface area contributed by atoms with E-state index in [1.165, 1.54) is 6.08 Å². The van der Waals surface area contributed by atoms with Crippen molar-refractivity contribution in [2.45, 2.75) is 27.2 Å². The molecule has 1 aliphatic rings. The van der Waals surface area contributed by atoms with Crippen LogP contribution in [0.25, 0.3) is 11.3 Å². The molecule has 0 saturated heterocycles. The van der Waals surface area contributed by atoms with Crippen LogP contribution in [0.4, 0.5) is 0 Å². The fourth-order valence-electron chi connectivity index (χ4n) is 3.39. The Morgan fingerprint density at radius 3 is 2.46 bits per heavy atom. The van der Waals surface area contributed by atoms with Gasteiger partial charge < -0.3 is 4.74 Å². The first-order valence-corrected chi connectivity index (χ1v) is 8.80. The van der Waals surface area contributed by atoms with E-state index in [9.17, 15) is 9.59 Å². The van der Waals surface area contributed by atoms with Crippen molar-refractivity contribution in [2.75, 3.05) is 7.11 Å². The predicted octanol–water partition coefficient (Wildman–Crippen LogP) is 3.85. The molecule has 2 aromatic rings. The molecule has 0 bridgehead atoms. The molecule has 0 atom stereocenters. The van der Waals surface area contributed by atoms with Gasteiger partial charge in [0.2, 0.25) is 5.69 Å². The van der Waals surface area contributed by atoms with Crippen LogP contribution < -0.4 is 9.30 Å². The average molecular weight is 350 g/mol. The summed E-state index contributed by atoms with van der Waals surface area (Å²) in [6, 6.07) is 7.50. The molecular weight excluding hydrogens is 326 g/mol. The van der Waals surface area contributed by atoms with Crippen LogP contribution in [0.15, 0.2) is 42.1 Å². The van der Waals surface area contributed by atoms with Gasteiger partial charge in [0.25, 0.3) is 0 Å². The lowest BCUT2D eigenvalue weighted by Gasteiger charge is -2.18. The Hall–Kier alpha value is -2.75. The molecule has 1 aromatic carbocycles. The SMILES string of the molecule is COc1cc[n+](C)c(-c2cc3c(cc2C)C(=O)C(CC(C)C)=CC3=O)c1. The molecule has 1 aliphatic carbocycles. The molecular formula is C22H24NO3+. The lowest BCUT2D eigenvalue weighted by Crippen LogP contribution is -2.30. The number of carbonyl (C=O) groups is 2. The first-order chi connectivity index (χ1) is 12.3. The number of ether oxygens (including phenoxy) is 1. The number of aromatic nitrogens is 1. The summed E-state index contributed by atoms with van der Waals surface area (Å²) in [5.74, 6) is 0.951. The van der Waals surface area contributed by atoms with Crippen LogP contribution in [0.1, 0.15) is 46.5 Å². The van der Waals surface area contributed by atoms with Crippen LogP contribution >= 0.6 is 0 Å². The standard InChI is InChI=1S/C22H24NO3/c1-13(2)8-15-10-21(24)18-12-17(14(3)9-19(18)22(15)25)20-11-16(26-5)6-7-23(20)4/h6-7,9-13H,8H2,1-5H3/q+1. The van der Waals surface area contributed by atoms with Gasteiger partial charge >= 0.3 is 0 Å². The van der Waals surface area contributed by atoms with E-state index in [0.29, 0.717) is 29.0 Å². The fraction of sp³-hybridized carbons (Fsp3) is 0.318. The zero-order chi connectivity index (χ0) is 19.0. The van der Waals surface area contributed by atoms with E-state index < -0.39 is 0 Å². The Balaban J connectivity index is 2.13. The quantitative estimate of drug-likeness (QED) is 0.787. The first-order valence-electron chi connectivity index (χ1n) is 8.80. The molecule has 1 aromatic heterocycles. The number of rotatable bonds is 4. The largest absolute Gasteiger partial charge is 0.496 e. The second-order valence-corrected chi connectivity index (χ2v) is 7.24. The number of hydrogen-bond donors (Lipinski definition) is 0. The predicted molar refractivity (Wildman–Crippen MR) is 101 cm³/mol. The number of methoxy groups -OCH3 is 1. The highest BCUT2D eigenvalue weighted by Gasteiger charge is 2.28. The highest BCUT2D eigenvalue weighted by atomic mass is 16.5. The maximum absolute atomic E-state index is 12.8. The van der Waals surface area contributed by atoms with Crippen molar-refractivity contribution < 1.29 is 18.9 Å². The molecule has 134 valence electrons. The van der Waals surface area contributed by atoms with Gasteiger partial charge in [0, 0.05) is 28.3 Å². The molecule has 0 amide bonds. The summed E-state index contributed by atoms with van der Waals surface area (Å²) in [6.07, 6.45) is 4.05. The van der Waals surface area contributed by atoms with Crippen molar-refractivity contribution >= 4 is 11.6 Å². The number of fused-ring (bicyclic) bond motifs is 1. The summed E-state index contributed by atoms with van der Waals surface area (Å²) in [7, 11) is 3.57. The van der Waals surface area contributed by atoms with Crippen molar-refractivity contribution in [3.8, 4) is 17.0 Å². The third kappa shape index (κ3) is 3.19. The minimum atomic E-state index is -0.0953. The third-order valence-electron chi connectivity index (χ3n) is 4.73. The summed E-state index contributed by atoms with van der Waals surface area (Å²) in [6.45, 7) is 6.06. The van der Waals surface area contributed by atoms with Crippen molar-refractivity contribution in [3.63, 3.8) is 0 Å². The molecule has 4 nitrogen and oxygen atoms in total. The number of Topliss-reactive ketones (excluding diaryl/α,β-unsaturated/α-hetero) is 1. The first kappa shape index (κ1) is 18.1. The molecule has 0 spiro atoms. The summed E-state index contributed by atoms with van der Waals surface area (Å²) >= 11 is 0. The Bertz CT molecular complexity index is 939. The Morgan fingerprint density at radius 2 is 1.81 bits per heavy atom. The number of pyridine rings is 1. The van der Waals surface area contributed by atoms with Crippen molar-refractivity contribution in [2.24, 2.45) is 13.0 Å². The molecule has 0 unspecified atom stereocenters. The molecule has 0 radical (unpaired) electrons. The van der Waals surface area contributed by atoms with Crippen LogP contribution in [0.3, 0.4) is 0 Å². The minimum Gasteiger partial charge on any atom is -0.496 e. The molecule has 1 heterocycles. The van der Waals surface area contributed by atoms with Crippen molar-refractivity contribution in [3.05, 3.63) is 58.8 Å². The van der Waals surface area contributed by atoms with E-state index in [2.05, 4.69) is 0 Å². The van der Waals surface area contributed by atoms with Crippen LogP contribution in [-0.4, -0.2) is 18.7 Å². The third-order valence-corrected chi connectivity index (χ3v) is 4.73. The van der Waals surface area contributed by atoms with E-state index in [1.54, 1.807) is 7.11 Å². The second-order valence-electron chi connectivity index (χ2n) is 7.24. The fourth-order valence-corrected chi connectivity index (χ4v) is 3.39. The molecule has 0 saturated carbocycles. The Labute approximate surface area is 154 Å². The Kier molecular flexibility index (Phi) is 4.77. The summed E-state index contributed by atoms with van der Waals surface area (Å²) in [4.78, 5) is 25.5. The van der Waals surface area contributed by atoms with E-state index >= 15 is 0 Å². The number of nitrogens with zero attached hydrogens (tertiary/aromatic N) is 1. The maximum atomic E-state index is 12.8. The van der Waals surface area contributed by atoms with Gasteiger partial charge in [0.05, 0.1) is 13.2 Å². The zero-order valence-corrected chi connectivity index (χ0v) is 15.9. The van der Waals surface area contributed by atoms with Gasteiger partial charge in [-0.15, -0.1) is 0 Å². The molecule has 0 fully saturated rings. The van der Waals surface area contributed by atoms with Gasteiger partial charge in [-0.05, 0) is 43.0 Å². The molecule has 0 N–H and O–H groups in total. The number of carbonyl (C=O) groups excluding carboxylic acids is 2. The van der Waals surface area contributed by atoms with Gasteiger partial charge in [0.1, 0.15) is 12.8 Å². The molecule has 4 heteroatoms. The van der Waals surface area contributed by atoms with Crippen LogP contribution in [0, 0.1) is 12.8 Å². The molecule has 3 rings (SSSR count). The van der Waals surface area contributed by atoms with Gasteiger partial charge in [0.15, 0.2) is 17.8 Å². The smallest absolute Gasteiger partial charge is 0.216 e. The van der Waals surface area contributed by atoms with Crippen molar-refractivity contribution in [1.82, 2.24) is 0 Å². The van der Waals surface area contributed by atoms with E-state index in [1.807, 2.05) is 62.8 Å². The lowest BCUT2D eigenvalue weighted by atomic mass is 9.83. The highest BCUT2D eigenvalue weighted by Crippen LogP contribution is 2.31. The lowest BCUT2D eigenvalue weighted by molar-refractivity contribution is -0.660. The topological polar surface area (TPSA) is 47.2 Å². The number of ketones is 2. The van der Waals surface area contributed by atoms with Crippen molar-refractivity contribution in [1.29, 1.82) is 0 Å². The van der Waals surface area contributed by atoms with Gasteiger partial charge in [-0.25, -0.2) is 4.57 Å². The van der Waals surface area contributed by atoms with Gasteiger partial charge in [-0.3, -0.25) is 9.59 Å². The molecule has 26 heavy (non-hydrogen) atoms. The van der Waals surface area contributed by atoms with Crippen LogP contribution in [-0.2, 0) is 7.05 Å². The average Bonchev–Trinajstić information content (AvgIpc) is 2.59. The number of benzene rings is 1. The Morgan fingerprint density at radius 1 is 1.08 bits per heavy atom. The van der Waals surface area contributed by atoms with Crippen LogP contribution in [0.5, 0.6) is 5.75 Å². The van der Waals surface area contributed by atoms with Crippen LogP contribution in [0.2, 0.25) is 0 Å². The van der Waals surface area contributed by atoms with E-state index in [0.717, 1.165) is 22.6 Å². The number of allylic oxidation sites excluding steroid dienone is 2. The number of hydrogen-bond acceptors (Lipinski definition) is 3. The minimum absolute atomic E-state index is 0.0297. The van der Waals surface area contributed by atoms with E-state index in [4.69, 9.17) is 4.74 Å². The van der Waals surface area contributed by atoms with Gasteiger partial charge in [-0.2, -0.15) is 0 Å². The monoisotopic (exact) mass is 350 g/mol. The van der Waals surface area contributed by atoms with E-state index in [-0.39, 0.29) is 11.6 Å². The summed E-state index contributed by atoms with van der Waals surface area (Å²) in [5.41, 5.74) is 4.41. The zero-order valence-electron chi connectivity index (χ0n) is 15.9. The maximum Gasteiger partial charge on any atom is 0.216 e. The summed E-state index contributed by atoms with van der Waals surface area (Å²) in [5, 5.41) is 0. The summed E-state index contributed by atoms with van der Waals surface area (Å²) < 4.78 is 7.31. The normalized spacial score (nSPS) is 13.7. The molecule has 0 aliphatic heterocycles. The second kappa shape index (κ2) is 6.87. The van der Waals surface area contributed by atoms with Gasteiger partial charge in [-0.1, -0.05) is 13.8 Å². The highest BCUT2D eigenvalue weighted by molar-refractivity contribution is 6.25.